The zero-order valence-corrected chi connectivity index (χ0v) is 12.1. The number of nitrogens with zero attached hydrogens (tertiary/aromatic N) is 2. The second kappa shape index (κ2) is 6.02. The zero-order valence-electron chi connectivity index (χ0n) is 11.3. The molecule has 108 valence electrons. The van der Waals surface area contributed by atoms with E-state index in [1.165, 1.54) is 18.3 Å². The van der Waals surface area contributed by atoms with Crippen LogP contribution in [-0.4, -0.2) is 29.9 Å². The van der Waals surface area contributed by atoms with Crippen LogP contribution in [0.5, 0.6) is 0 Å². The first-order chi connectivity index (χ1) is 9.53. The van der Waals surface area contributed by atoms with Crippen molar-refractivity contribution in [2.45, 2.75) is 24.8 Å². The molecule has 0 aliphatic rings. The third kappa shape index (κ3) is 3.34. The molecule has 2 rings (SSSR count). The number of anilines is 1. The van der Waals surface area contributed by atoms with Gasteiger partial charge in [-0.05, 0) is 19.9 Å². The number of H-pyrrole nitrogens is 1. The minimum atomic E-state index is -3.62. The van der Waals surface area contributed by atoms with Gasteiger partial charge in [-0.15, -0.1) is 0 Å². The van der Waals surface area contributed by atoms with Gasteiger partial charge in [0.2, 0.25) is 10.0 Å². The number of rotatable bonds is 6. The molecular weight excluding hydrogens is 278 g/mol. The van der Waals surface area contributed by atoms with E-state index in [4.69, 9.17) is 0 Å². The van der Waals surface area contributed by atoms with Crippen LogP contribution in [0.15, 0.2) is 35.6 Å². The fraction of sp³-hybridized carbons (Fsp3) is 0.333. The molecular formula is C12H17N5O2S. The van der Waals surface area contributed by atoms with Crippen molar-refractivity contribution in [2.24, 2.45) is 0 Å². The van der Waals surface area contributed by atoms with E-state index in [1.54, 1.807) is 19.3 Å². The molecule has 3 N–H and O–H groups in total. The number of nitrogens with one attached hydrogen (secondary N) is 3. The summed E-state index contributed by atoms with van der Waals surface area (Å²) in [7, 11) is -3.62. The number of pyridine rings is 1. The normalized spacial score (nSPS) is 13.1. The van der Waals surface area contributed by atoms with E-state index in [-0.39, 0.29) is 4.90 Å². The first-order valence-electron chi connectivity index (χ1n) is 6.24. The van der Waals surface area contributed by atoms with Gasteiger partial charge in [-0.1, -0.05) is 0 Å². The Bertz CT molecular complexity index is 654. The molecule has 8 heteroatoms. The van der Waals surface area contributed by atoms with E-state index in [0.29, 0.717) is 18.2 Å². The Kier molecular flexibility index (Phi) is 4.35. The molecule has 0 aromatic carbocycles. The maximum Gasteiger partial charge on any atom is 0.241 e. The van der Waals surface area contributed by atoms with E-state index in [9.17, 15) is 8.42 Å². The number of sulfonamides is 1. The lowest BCUT2D eigenvalue weighted by molar-refractivity contribution is 0.561. The lowest BCUT2D eigenvalue weighted by Gasteiger charge is -2.12. The van der Waals surface area contributed by atoms with Crippen LogP contribution in [0.25, 0.3) is 0 Å². The topological polar surface area (TPSA) is 99.8 Å². The Morgan fingerprint density at radius 3 is 2.80 bits per heavy atom. The summed E-state index contributed by atoms with van der Waals surface area (Å²) in [5.41, 5.74) is 0. The highest BCUT2D eigenvalue weighted by atomic mass is 32.2. The minimum absolute atomic E-state index is 0.168. The number of imidazole rings is 1. The van der Waals surface area contributed by atoms with Crippen molar-refractivity contribution in [2.75, 3.05) is 11.9 Å². The smallest absolute Gasteiger partial charge is 0.241 e. The Labute approximate surface area is 117 Å². The Morgan fingerprint density at radius 1 is 1.35 bits per heavy atom. The molecule has 7 nitrogen and oxygen atoms in total. The van der Waals surface area contributed by atoms with Gasteiger partial charge >= 0.3 is 0 Å². The molecule has 0 aliphatic heterocycles. The van der Waals surface area contributed by atoms with Crippen molar-refractivity contribution >= 4 is 15.8 Å². The van der Waals surface area contributed by atoms with Crippen molar-refractivity contribution in [1.82, 2.24) is 19.7 Å². The average molecular weight is 295 g/mol. The van der Waals surface area contributed by atoms with Crippen LogP contribution in [0.2, 0.25) is 0 Å². The van der Waals surface area contributed by atoms with Crippen molar-refractivity contribution in [3.05, 3.63) is 36.5 Å². The van der Waals surface area contributed by atoms with Crippen LogP contribution in [0.3, 0.4) is 0 Å². The van der Waals surface area contributed by atoms with Gasteiger partial charge in [0, 0.05) is 31.2 Å². The lowest BCUT2D eigenvalue weighted by Crippen LogP contribution is -2.27. The second-order valence-electron chi connectivity index (χ2n) is 4.22. The van der Waals surface area contributed by atoms with Gasteiger partial charge in [0.15, 0.2) is 0 Å². The highest BCUT2D eigenvalue weighted by Crippen LogP contribution is 2.16. The SMILES string of the molecule is CCNc1cc(S(=O)(=O)NC(C)c2ncc[nH]2)ccn1. The van der Waals surface area contributed by atoms with E-state index in [1.807, 2.05) is 6.92 Å². The zero-order chi connectivity index (χ0) is 14.6. The van der Waals surface area contributed by atoms with Gasteiger partial charge in [0.25, 0.3) is 0 Å². The highest BCUT2D eigenvalue weighted by Gasteiger charge is 2.20. The second-order valence-corrected chi connectivity index (χ2v) is 5.94. The van der Waals surface area contributed by atoms with Gasteiger partial charge in [-0.25, -0.2) is 23.1 Å². The minimum Gasteiger partial charge on any atom is -0.370 e. The van der Waals surface area contributed by atoms with Gasteiger partial charge in [0.1, 0.15) is 11.6 Å². The fourth-order valence-corrected chi connectivity index (χ4v) is 2.95. The monoisotopic (exact) mass is 295 g/mol. The number of aromatic amines is 1. The summed E-state index contributed by atoms with van der Waals surface area (Å²) in [5, 5.41) is 2.98. The molecule has 2 aromatic rings. The summed E-state index contributed by atoms with van der Waals surface area (Å²) in [5.74, 6) is 1.09. The summed E-state index contributed by atoms with van der Waals surface area (Å²) in [4.78, 5) is 11.1. The quantitative estimate of drug-likeness (QED) is 0.745. The number of hydrogen-bond acceptors (Lipinski definition) is 5. The predicted octanol–water partition coefficient (Wildman–Crippen LogP) is 1.28. The van der Waals surface area contributed by atoms with Crippen LogP contribution >= 0.6 is 0 Å². The molecule has 0 amide bonds. The Hall–Kier alpha value is -1.93. The van der Waals surface area contributed by atoms with Crippen molar-refractivity contribution < 1.29 is 8.42 Å². The third-order valence-corrected chi connectivity index (χ3v) is 4.20. The fourth-order valence-electron chi connectivity index (χ4n) is 1.73. The van der Waals surface area contributed by atoms with E-state index < -0.39 is 16.1 Å². The molecule has 1 unspecified atom stereocenters. The standard InChI is InChI=1S/C12H17N5O2S/c1-3-13-11-8-10(4-5-14-11)20(18,19)17-9(2)12-15-6-7-16-12/h4-9,17H,3H2,1-2H3,(H,13,14)(H,15,16). The largest absolute Gasteiger partial charge is 0.370 e. The number of hydrogen-bond donors (Lipinski definition) is 3. The highest BCUT2D eigenvalue weighted by molar-refractivity contribution is 7.89. The maximum absolute atomic E-state index is 12.3. The summed E-state index contributed by atoms with van der Waals surface area (Å²) >= 11 is 0. The van der Waals surface area contributed by atoms with E-state index in [2.05, 4.69) is 25.0 Å². The van der Waals surface area contributed by atoms with Crippen LogP contribution in [0, 0.1) is 0 Å². The van der Waals surface area contributed by atoms with Gasteiger partial charge < -0.3 is 10.3 Å². The molecule has 0 saturated carbocycles. The predicted molar refractivity (Wildman–Crippen MR) is 75.7 cm³/mol. The lowest BCUT2D eigenvalue weighted by atomic mass is 10.3. The van der Waals surface area contributed by atoms with Crippen molar-refractivity contribution in [3.63, 3.8) is 0 Å². The van der Waals surface area contributed by atoms with Gasteiger partial charge in [-0.3, -0.25) is 0 Å². The summed E-state index contributed by atoms with van der Waals surface area (Å²) in [6, 6.07) is 2.52. The molecule has 0 aliphatic carbocycles. The Morgan fingerprint density at radius 2 is 2.15 bits per heavy atom. The summed E-state index contributed by atoms with van der Waals surface area (Å²) in [6.07, 6.45) is 4.69. The Balaban J connectivity index is 2.20. The first kappa shape index (κ1) is 14.5. The summed E-state index contributed by atoms with van der Waals surface area (Å²) in [6.45, 7) is 4.32. The molecule has 0 saturated heterocycles. The van der Waals surface area contributed by atoms with E-state index >= 15 is 0 Å². The molecule has 0 bridgehead atoms. The molecule has 1 atom stereocenters. The number of aromatic nitrogens is 3. The summed E-state index contributed by atoms with van der Waals surface area (Å²) < 4.78 is 27.1. The van der Waals surface area contributed by atoms with Crippen LogP contribution in [0.1, 0.15) is 25.7 Å². The van der Waals surface area contributed by atoms with Crippen LogP contribution in [-0.2, 0) is 10.0 Å². The third-order valence-electron chi connectivity index (χ3n) is 2.66. The molecule has 0 spiro atoms. The van der Waals surface area contributed by atoms with Gasteiger partial charge in [-0.2, -0.15) is 0 Å². The van der Waals surface area contributed by atoms with Crippen molar-refractivity contribution in [3.8, 4) is 0 Å². The van der Waals surface area contributed by atoms with Crippen LogP contribution < -0.4 is 10.0 Å². The van der Waals surface area contributed by atoms with Gasteiger partial charge in [0.05, 0.1) is 10.9 Å². The van der Waals surface area contributed by atoms with E-state index in [0.717, 1.165) is 0 Å². The van der Waals surface area contributed by atoms with Crippen molar-refractivity contribution in [1.29, 1.82) is 0 Å². The molecule has 20 heavy (non-hydrogen) atoms. The first-order valence-corrected chi connectivity index (χ1v) is 7.73. The molecule has 2 aromatic heterocycles. The molecule has 2 heterocycles. The molecule has 0 fully saturated rings. The maximum atomic E-state index is 12.3. The van der Waals surface area contributed by atoms with Crippen LogP contribution in [0.4, 0.5) is 5.82 Å². The molecule has 0 radical (unpaired) electrons. The average Bonchev–Trinajstić information content (AvgIpc) is 2.93.